The zero-order valence-electron chi connectivity index (χ0n) is 11.7. The zero-order chi connectivity index (χ0) is 13.7. The summed E-state index contributed by atoms with van der Waals surface area (Å²) in [5.74, 6) is 0.0691. The number of hydrogen-bond donors (Lipinski definition) is 1. The van der Waals surface area contributed by atoms with Crippen LogP contribution in [0.2, 0.25) is 0 Å². The average Bonchev–Trinajstić information content (AvgIpc) is 2.43. The SMILES string of the molecule is COCc1ccc(CC2CCCCN2)c(OC)c1F. The number of nitrogens with one attached hydrogen (secondary N) is 1. The maximum Gasteiger partial charge on any atom is 0.170 e. The van der Waals surface area contributed by atoms with Crippen molar-refractivity contribution in [3.63, 3.8) is 0 Å². The maximum atomic E-state index is 14.2. The van der Waals surface area contributed by atoms with Gasteiger partial charge >= 0.3 is 0 Å². The van der Waals surface area contributed by atoms with E-state index in [9.17, 15) is 4.39 Å². The van der Waals surface area contributed by atoms with Crippen molar-refractivity contribution in [2.24, 2.45) is 0 Å². The van der Waals surface area contributed by atoms with Crippen LogP contribution in [0.15, 0.2) is 12.1 Å². The summed E-state index contributed by atoms with van der Waals surface area (Å²) < 4.78 is 24.5. The van der Waals surface area contributed by atoms with Gasteiger partial charge in [-0.1, -0.05) is 18.6 Å². The lowest BCUT2D eigenvalue weighted by Gasteiger charge is -2.24. The molecule has 1 aromatic rings. The number of piperidine rings is 1. The minimum Gasteiger partial charge on any atom is -0.493 e. The molecule has 1 heterocycles. The van der Waals surface area contributed by atoms with Gasteiger partial charge < -0.3 is 14.8 Å². The largest absolute Gasteiger partial charge is 0.493 e. The first-order valence-corrected chi connectivity index (χ1v) is 6.82. The highest BCUT2D eigenvalue weighted by atomic mass is 19.1. The minimum atomic E-state index is -0.294. The lowest BCUT2D eigenvalue weighted by molar-refractivity contribution is 0.180. The van der Waals surface area contributed by atoms with Crippen molar-refractivity contribution < 1.29 is 13.9 Å². The highest BCUT2D eigenvalue weighted by molar-refractivity contribution is 5.40. The summed E-state index contributed by atoms with van der Waals surface area (Å²) >= 11 is 0. The van der Waals surface area contributed by atoms with Gasteiger partial charge in [0, 0.05) is 18.7 Å². The van der Waals surface area contributed by atoms with Crippen molar-refractivity contribution in [2.75, 3.05) is 20.8 Å². The van der Waals surface area contributed by atoms with Gasteiger partial charge in [0.05, 0.1) is 13.7 Å². The average molecular weight is 267 g/mol. The lowest BCUT2D eigenvalue weighted by atomic mass is 9.96. The smallest absolute Gasteiger partial charge is 0.170 e. The topological polar surface area (TPSA) is 30.5 Å². The molecule has 0 amide bonds. The summed E-state index contributed by atoms with van der Waals surface area (Å²) in [4.78, 5) is 0. The van der Waals surface area contributed by atoms with Crippen LogP contribution in [0.5, 0.6) is 5.75 Å². The lowest BCUT2D eigenvalue weighted by Crippen LogP contribution is -2.35. The van der Waals surface area contributed by atoms with E-state index in [1.807, 2.05) is 6.07 Å². The molecule has 1 N–H and O–H groups in total. The third-order valence-corrected chi connectivity index (χ3v) is 3.64. The van der Waals surface area contributed by atoms with Gasteiger partial charge in [0.2, 0.25) is 0 Å². The summed E-state index contributed by atoms with van der Waals surface area (Å²) in [6, 6.07) is 4.17. The van der Waals surface area contributed by atoms with Gasteiger partial charge in [0.25, 0.3) is 0 Å². The molecule has 0 saturated carbocycles. The standard InChI is InChI=1S/C15H22FNO2/c1-18-10-12-7-6-11(15(19-2)14(12)16)9-13-5-3-4-8-17-13/h6-7,13,17H,3-5,8-10H2,1-2H3. The van der Waals surface area contributed by atoms with Crippen LogP contribution < -0.4 is 10.1 Å². The molecule has 4 heteroatoms. The molecule has 3 nitrogen and oxygen atoms in total. The van der Waals surface area contributed by atoms with Crippen LogP contribution >= 0.6 is 0 Å². The van der Waals surface area contributed by atoms with Crippen LogP contribution in [0, 0.1) is 5.82 Å². The molecule has 1 atom stereocenters. The number of methoxy groups -OCH3 is 2. The molecule has 1 aliphatic rings. The molecule has 0 radical (unpaired) electrons. The normalized spacial score (nSPS) is 19.4. The Balaban J connectivity index is 2.17. The number of benzene rings is 1. The molecule has 1 unspecified atom stereocenters. The highest BCUT2D eigenvalue weighted by Crippen LogP contribution is 2.28. The van der Waals surface area contributed by atoms with E-state index in [1.54, 1.807) is 13.2 Å². The van der Waals surface area contributed by atoms with Crippen molar-refractivity contribution >= 4 is 0 Å². The van der Waals surface area contributed by atoms with Crippen LogP contribution in [0.4, 0.5) is 4.39 Å². The van der Waals surface area contributed by atoms with Gasteiger partial charge in [0.15, 0.2) is 11.6 Å². The van der Waals surface area contributed by atoms with E-state index in [1.165, 1.54) is 20.0 Å². The van der Waals surface area contributed by atoms with Gasteiger partial charge in [-0.15, -0.1) is 0 Å². The molecule has 0 aliphatic carbocycles. The second-order valence-electron chi connectivity index (χ2n) is 5.02. The Kier molecular flexibility index (Phi) is 5.16. The van der Waals surface area contributed by atoms with Crippen LogP contribution in [-0.2, 0) is 17.8 Å². The monoisotopic (exact) mass is 267 g/mol. The van der Waals surface area contributed by atoms with Gasteiger partial charge in [-0.25, -0.2) is 4.39 Å². The summed E-state index contributed by atoms with van der Waals surface area (Å²) in [6.07, 6.45) is 4.43. The molecule has 2 rings (SSSR count). The van der Waals surface area contributed by atoms with E-state index < -0.39 is 0 Å². The zero-order valence-corrected chi connectivity index (χ0v) is 11.7. The summed E-state index contributed by atoms with van der Waals surface area (Å²) in [6.45, 7) is 1.32. The molecule has 0 bridgehead atoms. The van der Waals surface area contributed by atoms with Crippen molar-refractivity contribution in [1.29, 1.82) is 0 Å². The molecule has 0 spiro atoms. The third kappa shape index (κ3) is 3.45. The van der Waals surface area contributed by atoms with E-state index in [4.69, 9.17) is 9.47 Å². The fourth-order valence-electron chi connectivity index (χ4n) is 2.65. The van der Waals surface area contributed by atoms with Crippen molar-refractivity contribution in [2.45, 2.75) is 38.3 Å². The molecule has 1 aromatic carbocycles. The molecular formula is C15H22FNO2. The predicted octanol–water partition coefficient (Wildman–Crippen LogP) is 2.67. The molecule has 106 valence electrons. The van der Waals surface area contributed by atoms with Gasteiger partial charge in [-0.2, -0.15) is 0 Å². The first kappa shape index (κ1) is 14.3. The van der Waals surface area contributed by atoms with Crippen molar-refractivity contribution in [3.05, 3.63) is 29.1 Å². The second-order valence-corrected chi connectivity index (χ2v) is 5.02. The number of hydrogen-bond acceptors (Lipinski definition) is 3. The quantitative estimate of drug-likeness (QED) is 0.889. The van der Waals surface area contributed by atoms with Crippen LogP contribution in [0.3, 0.4) is 0 Å². The Hall–Kier alpha value is -1.13. The summed E-state index contributed by atoms with van der Waals surface area (Å²) in [5.41, 5.74) is 1.47. The van der Waals surface area contributed by atoms with E-state index in [0.717, 1.165) is 24.9 Å². The maximum absolute atomic E-state index is 14.2. The Labute approximate surface area is 114 Å². The van der Waals surface area contributed by atoms with Crippen molar-refractivity contribution in [3.8, 4) is 5.75 Å². The van der Waals surface area contributed by atoms with E-state index >= 15 is 0 Å². The Bertz CT molecular complexity index is 417. The predicted molar refractivity (Wildman–Crippen MR) is 73.0 cm³/mol. The molecule has 1 aliphatic heterocycles. The molecule has 1 fully saturated rings. The highest BCUT2D eigenvalue weighted by Gasteiger charge is 2.19. The molecular weight excluding hydrogens is 245 g/mol. The Morgan fingerprint density at radius 3 is 2.68 bits per heavy atom. The summed E-state index contributed by atoms with van der Waals surface area (Å²) in [7, 11) is 3.08. The third-order valence-electron chi connectivity index (χ3n) is 3.64. The number of ether oxygens (including phenoxy) is 2. The first-order chi connectivity index (χ1) is 9.26. The van der Waals surface area contributed by atoms with Crippen LogP contribution in [0.1, 0.15) is 30.4 Å². The van der Waals surface area contributed by atoms with E-state index in [-0.39, 0.29) is 12.4 Å². The fourth-order valence-corrected chi connectivity index (χ4v) is 2.65. The second kappa shape index (κ2) is 6.87. The van der Waals surface area contributed by atoms with E-state index in [0.29, 0.717) is 17.4 Å². The van der Waals surface area contributed by atoms with Crippen LogP contribution in [0.25, 0.3) is 0 Å². The minimum absolute atomic E-state index is 0.268. The van der Waals surface area contributed by atoms with Gasteiger partial charge in [-0.3, -0.25) is 0 Å². The van der Waals surface area contributed by atoms with E-state index in [2.05, 4.69) is 5.32 Å². The first-order valence-electron chi connectivity index (χ1n) is 6.82. The molecule has 19 heavy (non-hydrogen) atoms. The molecule has 0 aromatic heterocycles. The Morgan fingerprint density at radius 1 is 1.26 bits per heavy atom. The van der Waals surface area contributed by atoms with Gasteiger partial charge in [0.1, 0.15) is 0 Å². The fraction of sp³-hybridized carbons (Fsp3) is 0.600. The summed E-state index contributed by atoms with van der Waals surface area (Å²) in [5, 5.41) is 3.48. The molecule has 1 saturated heterocycles. The number of rotatable bonds is 5. The van der Waals surface area contributed by atoms with Gasteiger partial charge in [-0.05, 0) is 31.4 Å². The number of halogens is 1. The Morgan fingerprint density at radius 2 is 2.05 bits per heavy atom. The van der Waals surface area contributed by atoms with Crippen molar-refractivity contribution in [1.82, 2.24) is 5.32 Å². The van der Waals surface area contributed by atoms with Crippen LogP contribution in [-0.4, -0.2) is 26.8 Å².